The minimum Gasteiger partial charge on any atom is -0.483 e. The minimum absolute atomic E-state index is 0.105. The topological polar surface area (TPSA) is 59.2 Å². The van der Waals surface area contributed by atoms with E-state index in [1.165, 1.54) is 6.08 Å². The first-order chi connectivity index (χ1) is 10.4. The summed E-state index contributed by atoms with van der Waals surface area (Å²) >= 11 is 0. The molecule has 0 spiro atoms. The largest absolute Gasteiger partial charge is 0.483 e. The van der Waals surface area contributed by atoms with Crippen molar-refractivity contribution in [2.75, 3.05) is 0 Å². The number of fused-ring (bicyclic) bond motifs is 4. The lowest BCUT2D eigenvalue weighted by Crippen LogP contribution is -2.27. The Morgan fingerprint density at radius 1 is 1.18 bits per heavy atom. The van der Waals surface area contributed by atoms with Crippen molar-refractivity contribution in [3.63, 3.8) is 0 Å². The summed E-state index contributed by atoms with van der Waals surface area (Å²) in [5.74, 6) is 0.471. The molecule has 2 aromatic rings. The lowest BCUT2D eigenvalue weighted by Gasteiger charge is -2.27. The third-order valence-corrected chi connectivity index (χ3v) is 4.15. The van der Waals surface area contributed by atoms with Gasteiger partial charge < -0.3 is 9.72 Å². The second-order valence-electron chi connectivity index (χ2n) is 6.37. The van der Waals surface area contributed by atoms with Gasteiger partial charge in [0.1, 0.15) is 11.4 Å². The summed E-state index contributed by atoms with van der Waals surface area (Å²) in [6.07, 6.45) is 5.39. The summed E-state index contributed by atoms with van der Waals surface area (Å²) in [6, 6.07) is 3.78. The number of carbonyl (C=O) groups is 2. The molecular weight excluding hydrogens is 278 g/mol. The molecule has 0 radical (unpaired) electrons. The predicted molar refractivity (Wildman–Crippen MR) is 84.5 cm³/mol. The number of hydrogen-bond acceptors (Lipinski definition) is 3. The highest BCUT2D eigenvalue weighted by atomic mass is 16.5. The van der Waals surface area contributed by atoms with Crippen molar-refractivity contribution in [2.45, 2.75) is 26.4 Å². The number of rotatable bonds is 0. The summed E-state index contributed by atoms with van der Waals surface area (Å²) in [6.45, 7) is 5.62. The second kappa shape index (κ2) is 3.97. The quantitative estimate of drug-likeness (QED) is 0.806. The van der Waals surface area contributed by atoms with E-state index in [1.807, 2.05) is 38.1 Å². The van der Waals surface area contributed by atoms with Crippen molar-refractivity contribution in [1.29, 1.82) is 0 Å². The van der Waals surface area contributed by atoms with Crippen LogP contribution in [-0.4, -0.2) is 22.2 Å². The highest BCUT2D eigenvalue weighted by Crippen LogP contribution is 2.37. The Morgan fingerprint density at radius 2 is 1.95 bits per heavy atom. The zero-order valence-corrected chi connectivity index (χ0v) is 12.6. The molecule has 0 saturated heterocycles. The minimum atomic E-state index is -0.382. The number of aromatic amines is 1. The van der Waals surface area contributed by atoms with Gasteiger partial charge in [-0.1, -0.05) is 6.08 Å². The molecule has 0 saturated carbocycles. The van der Waals surface area contributed by atoms with Crippen molar-refractivity contribution >= 4 is 28.5 Å². The maximum Gasteiger partial charge on any atom is 0.203 e. The highest BCUT2D eigenvalue weighted by molar-refractivity contribution is 6.28. The summed E-state index contributed by atoms with van der Waals surface area (Å²) in [4.78, 5) is 27.7. The van der Waals surface area contributed by atoms with Gasteiger partial charge in [0.2, 0.25) is 5.78 Å². The highest BCUT2D eigenvalue weighted by Gasteiger charge is 2.29. The van der Waals surface area contributed by atoms with E-state index in [1.54, 1.807) is 6.92 Å². The predicted octanol–water partition coefficient (Wildman–Crippen LogP) is 3.68. The molecule has 0 bridgehead atoms. The molecule has 2 heterocycles. The van der Waals surface area contributed by atoms with Crippen LogP contribution < -0.4 is 4.74 Å². The van der Waals surface area contributed by atoms with Crippen LogP contribution in [0.1, 0.15) is 47.2 Å². The molecule has 0 unspecified atom stereocenters. The first kappa shape index (κ1) is 13.1. The number of ketones is 2. The molecule has 4 rings (SSSR count). The lowest BCUT2D eigenvalue weighted by atomic mass is 9.93. The summed E-state index contributed by atoms with van der Waals surface area (Å²) < 4.78 is 5.97. The van der Waals surface area contributed by atoms with Crippen molar-refractivity contribution in [3.05, 3.63) is 46.7 Å². The van der Waals surface area contributed by atoms with Crippen LogP contribution in [0.15, 0.2) is 29.9 Å². The number of benzene rings is 1. The van der Waals surface area contributed by atoms with Gasteiger partial charge in [0.15, 0.2) is 5.78 Å². The molecule has 110 valence electrons. The monoisotopic (exact) mass is 293 g/mol. The second-order valence-corrected chi connectivity index (χ2v) is 6.37. The Hall–Kier alpha value is -2.62. The average Bonchev–Trinajstić information content (AvgIpc) is 2.81. The van der Waals surface area contributed by atoms with Gasteiger partial charge in [-0.15, -0.1) is 0 Å². The maximum atomic E-state index is 12.4. The smallest absolute Gasteiger partial charge is 0.203 e. The molecule has 4 heteroatoms. The number of allylic oxidation sites excluding steroid dienone is 2. The van der Waals surface area contributed by atoms with Crippen molar-refractivity contribution < 1.29 is 14.3 Å². The van der Waals surface area contributed by atoms with Gasteiger partial charge in [-0.2, -0.15) is 0 Å². The molecule has 2 aliphatic rings. The standard InChI is InChI=1S/C18H15NO3/c1-9-6-13(20)16-15(17(9)21)11-8-14-10(7-12(11)19-16)4-5-18(2,3)22-14/h4-8,19H,1-3H3. The Labute approximate surface area is 127 Å². The molecule has 1 aliphatic carbocycles. The van der Waals surface area contributed by atoms with E-state index in [2.05, 4.69) is 4.98 Å². The molecule has 22 heavy (non-hydrogen) atoms. The SMILES string of the molecule is CC1=CC(=O)c2[nH]c3cc4c(cc3c2C1=O)OC(C)(C)C=C4. The number of hydrogen-bond donors (Lipinski definition) is 1. The Kier molecular flexibility index (Phi) is 2.36. The zero-order valence-electron chi connectivity index (χ0n) is 12.6. The van der Waals surface area contributed by atoms with E-state index in [-0.39, 0.29) is 17.2 Å². The molecule has 1 aromatic heterocycles. The van der Waals surface area contributed by atoms with Crippen LogP contribution in [0, 0.1) is 0 Å². The fraction of sp³-hybridized carbons (Fsp3) is 0.222. The van der Waals surface area contributed by atoms with Gasteiger partial charge in [0.25, 0.3) is 0 Å². The molecular formula is C18H15NO3. The van der Waals surface area contributed by atoms with Crippen LogP contribution in [-0.2, 0) is 0 Å². The summed E-state index contributed by atoms with van der Waals surface area (Å²) in [5, 5.41) is 0.741. The molecule has 4 nitrogen and oxygen atoms in total. The Morgan fingerprint density at radius 3 is 2.73 bits per heavy atom. The number of Topliss-reactive ketones (excluding diaryl/α,β-unsaturated/α-hetero) is 1. The molecule has 1 aromatic carbocycles. The van der Waals surface area contributed by atoms with Gasteiger partial charge >= 0.3 is 0 Å². The van der Waals surface area contributed by atoms with Gasteiger partial charge in [-0.25, -0.2) is 0 Å². The van der Waals surface area contributed by atoms with E-state index >= 15 is 0 Å². The van der Waals surface area contributed by atoms with Crippen LogP contribution in [0.2, 0.25) is 0 Å². The van der Waals surface area contributed by atoms with Crippen molar-refractivity contribution in [3.8, 4) is 5.75 Å². The maximum absolute atomic E-state index is 12.4. The molecule has 0 fully saturated rings. The lowest BCUT2D eigenvalue weighted by molar-refractivity contribution is 0.0983. The molecule has 1 aliphatic heterocycles. The van der Waals surface area contributed by atoms with Crippen LogP contribution >= 0.6 is 0 Å². The van der Waals surface area contributed by atoms with E-state index in [0.29, 0.717) is 16.8 Å². The number of aromatic nitrogens is 1. The first-order valence-electron chi connectivity index (χ1n) is 7.21. The van der Waals surface area contributed by atoms with E-state index in [9.17, 15) is 9.59 Å². The van der Waals surface area contributed by atoms with Crippen LogP contribution in [0.4, 0.5) is 0 Å². The third kappa shape index (κ3) is 1.70. The van der Waals surface area contributed by atoms with Crippen molar-refractivity contribution in [2.24, 2.45) is 0 Å². The Bertz CT molecular complexity index is 925. The van der Waals surface area contributed by atoms with E-state index < -0.39 is 0 Å². The number of H-pyrrole nitrogens is 1. The van der Waals surface area contributed by atoms with Crippen LogP contribution in [0.5, 0.6) is 5.75 Å². The normalized spacial score (nSPS) is 18.8. The van der Waals surface area contributed by atoms with Gasteiger partial charge in [0, 0.05) is 22.0 Å². The molecule has 0 amide bonds. The van der Waals surface area contributed by atoms with Gasteiger partial charge in [-0.05, 0) is 45.1 Å². The fourth-order valence-corrected chi connectivity index (χ4v) is 3.02. The van der Waals surface area contributed by atoms with E-state index in [4.69, 9.17) is 4.74 Å². The molecule has 0 atom stereocenters. The van der Waals surface area contributed by atoms with Crippen molar-refractivity contribution in [1.82, 2.24) is 4.98 Å². The zero-order chi connectivity index (χ0) is 15.6. The summed E-state index contributed by atoms with van der Waals surface area (Å²) in [5.41, 5.74) is 2.64. The van der Waals surface area contributed by atoms with E-state index in [0.717, 1.165) is 22.2 Å². The van der Waals surface area contributed by atoms with Gasteiger partial charge in [-0.3, -0.25) is 9.59 Å². The Balaban J connectivity index is 2.01. The first-order valence-corrected chi connectivity index (χ1v) is 7.21. The number of ether oxygens (including phenoxy) is 1. The summed E-state index contributed by atoms with van der Waals surface area (Å²) in [7, 11) is 0. The molecule has 1 N–H and O–H groups in total. The number of carbonyl (C=O) groups excluding carboxylic acids is 2. The fourth-order valence-electron chi connectivity index (χ4n) is 3.02. The third-order valence-electron chi connectivity index (χ3n) is 4.15. The van der Waals surface area contributed by atoms with Crippen LogP contribution in [0.3, 0.4) is 0 Å². The average molecular weight is 293 g/mol. The van der Waals surface area contributed by atoms with Crippen LogP contribution in [0.25, 0.3) is 17.0 Å². The number of nitrogens with one attached hydrogen (secondary N) is 1. The van der Waals surface area contributed by atoms with Gasteiger partial charge in [0.05, 0.1) is 11.3 Å².